The van der Waals surface area contributed by atoms with E-state index in [2.05, 4.69) is 55.2 Å². The highest BCUT2D eigenvalue weighted by atomic mass is 14.7. The summed E-state index contributed by atoms with van der Waals surface area (Å²) in [6.45, 7) is 4.50. The molecule has 0 saturated carbocycles. The minimum atomic E-state index is 1.08. The van der Waals surface area contributed by atoms with Gasteiger partial charge in [0.05, 0.1) is 5.69 Å². The number of aryl methyl sites for hydroxylation is 2. The molecule has 1 nitrogen and oxygen atoms in total. The lowest BCUT2D eigenvalue weighted by molar-refractivity contribution is 0.556. The van der Waals surface area contributed by atoms with Crippen molar-refractivity contribution in [3.05, 3.63) is 53.7 Å². The summed E-state index contributed by atoms with van der Waals surface area (Å²) in [6, 6.07) is 13.4. The maximum Gasteiger partial charge on any atom is 0.0702 e. The van der Waals surface area contributed by atoms with Gasteiger partial charge in [-0.15, -0.1) is 0 Å². The molecule has 1 aromatic carbocycles. The second-order valence-corrected chi connectivity index (χ2v) is 7.93. The Morgan fingerprint density at radius 2 is 1.15 bits per heavy atom. The van der Waals surface area contributed by atoms with Gasteiger partial charge in [0, 0.05) is 11.8 Å². The van der Waals surface area contributed by atoms with Crippen LogP contribution in [0.15, 0.2) is 42.6 Å². The van der Waals surface area contributed by atoms with Crippen molar-refractivity contribution >= 4 is 0 Å². The number of hydrogen-bond donors (Lipinski definition) is 0. The van der Waals surface area contributed by atoms with Crippen molar-refractivity contribution in [1.82, 2.24) is 4.98 Å². The quantitative estimate of drug-likeness (QED) is 0.308. The third kappa shape index (κ3) is 8.73. The molecule has 27 heavy (non-hydrogen) atoms. The third-order valence-electron chi connectivity index (χ3n) is 5.43. The molecule has 0 N–H and O–H groups in total. The molecule has 0 unspecified atom stereocenters. The van der Waals surface area contributed by atoms with Gasteiger partial charge >= 0.3 is 0 Å². The molecule has 0 saturated heterocycles. The van der Waals surface area contributed by atoms with Gasteiger partial charge in [0.25, 0.3) is 0 Å². The summed E-state index contributed by atoms with van der Waals surface area (Å²) in [5.74, 6) is 0. The first kappa shape index (κ1) is 21.7. The standard InChI is InChI=1S/C26H39N/c1-3-5-6-7-8-9-10-11-12-13-15-23-16-19-25(20-17-23)26-21-18-24(14-4-2)22-27-26/h16-22H,3-15H2,1-2H3. The van der Waals surface area contributed by atoms with Crippen molar-refractivity contribution in [3.63, 3.8) is 0 Å². The zero-order chi connectivity index (χ0) is 19.2. The Labute approximate surface area is 167 Å². The van der Waals surface area contributed by atoms with Crippen LogP contribution < -0.4 is 0 Å². The summed E-state index contributed by atoms with van der Waals surface area (Å²) < 4.78 is 0. The Morgan fingerprint density at radius 3 is 1.70 bits per heavy atom. The second-order valence-electron chi connectivity index (χ2n) is 7.93. The van der Waals surface area contributed by atoms with Gasteiger partial charge in [0.2, 0.25) is 0 Å². The monoisotopic (exact) mass is 365 g/mol. The number of rotatable bonds is 14. The van der Waals surface area contributed by atoms with E-state index in [4.69, 9.17) is 0 Å². The van der Waals surface area contributed by atoms with Crippen LogP contribution in [-0.2, 0) is 12.8 Å². The van der Waals surface area contributed by atoms with Crippen molar-refractivity contribution in [2.24, 2.45) is 0 Å². The maximum atomic E-state index is 4.62. The van der Waals surface area contributed by atoms with Gasteiger partial charge in [-0.25, -0.2) is 0 Å². The van der Waals surface area contributed by atoms with Gasteiger partial charge < -0.3 is 0 Å². The lowest BCUT2D eigenvalue weighted by atomic mass is 10.0. The number of hydrogen-bond acceptors (Lipinski definition) is 1. The first-order chi connectivity index (χ1) is 13.3. The minimum absolute atomic E-state index is 1.08. The fourth-order valence-electron chi connectivity index (χ4n) is 3.69. The van der Waals surface area contributed by atoms with E-state index in [-0.39, 0.29) is 0 Å². The SMILES string of the molecule is CCCCCCCCCCCCc1ccc(-c2ccc(CCC)cn2)cc1. The second kappa shape index (κ2) is 13.5. The van der Waals surface area contributed by atoms with E-state index in [1.807, 2.05) is 6.20 Å². The Balaban J connectivity index is 1.61. The van der Waals surface area contributed by atoms with Gasteiger partial charge in [-0.05, 0) is 36.5 Å². The highest BCUT2D eigenvalue weighted by Crippen LogP contribution is 2.19. The van der Waals surface area contributed by atoms with Crippen molar-refractivity contribution in [2.45, 2.75) is 97.3 Å². The van der Waals surface area contributed by atoms with Crippen molar-refractivity contribution < 1.29 is 0 Å². The maximum absolute atomic E-state index is 4.62. The molecule has 0 bridgehead atoms. The lowest BCUT2D eigenvalue weighted by Gasteiger charge is -2.06. The van der Waals surface area contributed by atoms with E-state index in [1.165, 1.54) is 93.7 Å². The van der Waals surface area contributed by atoms with Crippen LogP contribution in [-0.4, -0.2) is 4.98 Å². The van der Waals surface area contributed by atoms with E-state index in [1.54, 1.807) is 0 Å². The van der Waals surface area contributed by atoms with Gasteiger partial charge in [0.15, 0.2) is 0 Å². The fraction of sp³-hybridized carbons (Fsp3) is 0.577. The Hall–Kier alpha value is -1.63. The van der Waals surface area contributed by atoms with Crippen LogP contribution in [0.4, 0.5) is 0 Å². The summed E-state index contributed by atoms with van der Waals surface area (Å²) in [6.07, 6.45) is 19.6. The first-order valence-corrected chi connectivity index (χ1v) is 11.4. The first-order valence-electron chi connectivity index (χ1n) is 11.4. The Bertz CT molecular complexity index is 597. The van der Waals surface area contributed by atoms with Crippen LogP contribution in [0.1, 0.15) is 95.6 Å². The topological polar surface area (TPSA) is 12.9 Å². The smallest absolute Gasteiger partial charge is 0.0702 e. The van der Waals surface area contributed by atoms with Crippen LogP contribution in [0.3, 0.4) is 0 Å². The summed E-state index contributed by atoms with van der Waals surface area (Å²) >= 11 is 0. The third-order valence-corrected chi connectivity index (χ3v) is 5.43. The lowest BCUT2D eigenvalue weighted by Crippen LogP contribution is -1.90. The normalized spacial score (nSPS) is 11.0. The number of unbranched alkanes of at least 4 members (excludes halogenated alkanes) is 9. The minimum Gasteiger partial charge on any atom is -0.256 e. The molecular formula is C26H39N. The number of nitrogens with zero attached hydrogens (tertiary/aromatic N) is 1. The molecule has 2 aromatic rings. The van der Waals surface area contributed by atoms with Gasteiger partial charge in [-0.1, -0.05) is 108 Å². The molecule has 1 aromatic heterocycles. The highest BCUT2D eigenvalue weighted by Gasteiger charge is 2.01. The van der Waals surface area contributed by atoms with Crippen LogP contribution in [0, 0.1) is 0 Å². The molecule has 0 spiro atoms. The summed E-state index contributed by atoms with van der Waals surface area (Å²) in [5.41, 5.74) is 5.10. The molecule has 2 rings (SSSR count). The van der Waals surface area contributed by atoms with E-state index in [0.29, 0.717) is 0 Å². The van der Waals surface area contributed by atoms with Crippen LogP contribution in [0.2, 0.25) is 0 Å². The van der Waals surface area contributed by atoms with Crippen molar-refractivity contribution in [2.75, 3.05) is 0 Å². The molecule has 0 radical (unpaired) electrons. The molecule has 0 amide bonds. The molecule has 1 heterocycles. The molecular weight excluding hydrogens is 326 g/mol. The van der Waals surface area contributed by atoms with Crippen LogP contribution in [0.5, 0.6) is 0 Å². The fourth-order valence-corrected chi connectivity index (χ4v) is 3.69. The molecule has 0 atom stereocenters. The molecule has 1 heteroatoms. The summed E-state index contributed by atoms with van der Waals surface area (Å²) in [4.78, 5) is 4.62. The Morgan fingerprint density at radius 1 is 0.556 bits per heavy atom. The molecule has 0 aliphatic rings. The molecule has 0 aliphatic carbocycles. The van der Waals surface area contributed by atoms with Crippen LogP contribution in [0.25, 0.3) is 11.3 Å². The highest BCUT2D eigenvalue weighted by molar-refractivity contribution is 5.59. The summed E-state index contributed by atoms with van der Waals surface area (Å²) in [7, 11) is 0. The van der Waals surface area contributed by atoms with E-state index < -0.39 is 0 Å². The molecule has 0 aliphatic heterocycles. The number of aromatic nitrogens is 1. The number of benzene rings is 1. The van der Waals surface area contributed by atoms with Gasteiger partial charge in [0.1, 0.15) is 0 Å². The van der Waals surface area contributed by atoms with Crippen molar-refractivity contribution in [1.29, 1.82) is 0 Å². The average molecular weight is 366 g/mol. The predicted molar refractivity (Wildman–Crippen MR) is 119 cm³/mol. The zero-order valence-electron chi connectivity index (χ0n) is 17.7. The van der Waals surface area contributed by atoms with Gasteiger partial charge in [-0.3, -0.25) is 4.98 Å². The average Bonchev–Trinajstić information content (AvgIpc) is 2.71. The predicted octanol–water partition coefficient (Wildman–Crippen LogP) is 8.16. The molecule has 0 fully saturated rings. The largest absolute Gasteiger partial charge is 0.256 e. The van der Waals surface area contributed by atoms with E-state index >= 15 is 0 Å². The molecule has 148 valence electrons. The van der Waals surface area contributed by atoms with Crippen molar-refractivity contribution in [3.8, 4) is 11.3 Å². The Kier molecular flexibility index (Phi) is 10.9. The summed E-state index contributed by atoms with van der Waals surface area (Å²) in [5, 5.41) is 0. The zero-order valence-corrected chi connectivity index (χ0v) is 17.7. The number of pyridine rings is 1. The van der Waals surface area contributed by atoms with Gasteiger partial charge in [-0.2, -0.15) is 0 Å². The van der Waals surface area contributed by atoms with Crippen LogP contribution >= 0.6 is 0 Å². The van der Waals surface area contributed by atoms with E-state index in [0.717, 1.165) is 12.1 Å². The van der Waals surface area contributed by atoms with E-state index in [9.17, 15) is 0 Å².